The molecule has 0 aliphatic carbocycles. The van der Waals surface area contributed by atoms with E-state index in [1.807, 2.05) is 43.3 Å². The minimum atomic E-state index is -0.0707. The van der Waals surface area contributed by atoms with E-state index in [1.165, 1.54) is 0 Å². The number of aryl methyl sites for hydroxylation is 1. The molecule has 6 heteroatoms. The van der Waals surface area contributed by atoms with Gasteiger partial charge in [0, 0.05) is 35.2 Å². The second-order valence-electron chi connectivity index (χ2n) is 6.21. The maximum absolute atomic E-state index is 12.4. The van der Waals surface area contributed by atoms with Crippen molar-refractivity contribution in [2.24, 2.45) is 0 Å². The molecule has 1 aliphatic rings. The Morgan fingerprint density at radius 1 is 1.12 bits per heavy atom. The van der Waals surface area contributed by atoms with Crippen molar-refractivity contribution < 1.29 is 9.32 Å². The second kappa shape index (κ2) is 6.33. The Morgan fingerprint density at radius 3 is 2.56 bits per heavy atom. The predicted molar refractivity (Wildman–Crippen MR) is 95.6 cm³/mol. The average molecular weight is 354 g/mol. The topological polar surface area (TPSA) is 59.2 Å². The lowest BCUT2D eigenvalue weighted by Gasteiger charge is -2.16. The van der Waals surface area contributed by atoms with Gasteiger partial charge in [0.1, 0.15) is 0 Å². The van der Waals surface area contributed by atoms with Crippen LogP contribution in [0.2, 0.25) is 5.02 Å². The number of hydrogen-bond acceptors (Lipinski definition) is 4. The highest BCUT2D eigenvalue weighted by Gasteiger charge is 2.34. The fourth-order valence-electron chi connectivity index (χ4n) is 2.97. The summed E-state index contributed by atoms with van der Waals surface area (Å²) < 4.78 is 5.36. The Balaban J connectivity index is 1.54. The SMILES string of the molecule is Cc1ccc(N2CC(c3noc(-c4ccc(Cl)cc4)n3)CC2=O)cc1. The van der Waals surface area contributed by atoms with Crippen molar-refractivity contribution in [3.8, 4) is 11.5 Å². The van der Waals surface area contributed by atoms with Crippen LogP contribution in [0, 0.1) is 6.92 Å². The molecule has 5 nitrogen and oxygen atoms in total. The van der Waals surface area contributed by atoms with Crippen LogP contribution in [0.5, 0.6) is 0 Å². The summed E-state index contributed by atoms with van der Waals surface area (Å²) in [5, 5.41) is 4.73. The summed E-state index contributed by atoms with van der Waals surface area (Å²) in [5.74, 6) is 1.01. The molecule has 1 saturated heterocycles. The van der Waals surface area contributed by atoms with Gasteiger partial charge in [-0.1, -0.05) is 34.5 Å². The molecule has 2 aromatic carbocycles. The average Bonchev–Trinajstić information content (AvgIpc) is 3.23. The van der Waals surface area contributed by atoms with E-state index in [0.29, 0.717) is 29.7 Å². The first-order valence-corrected chi connectivity index (χ1v) is 8.44. The first-order chi connectivity index (χ1) is 12.1. The lowest BCUT2D eigenvalue weighted by Crippen LogP contribution is -2.24. The molecular weight excluding hydrogens is 338 g/mol. The maximum Gasteiger partial charge on any atom is 0.257 e. The van der Waals surface area contributed by atoms with Gasteiger partial charge in [0.25, 0.3) is 5.89 Å². The Morgan fingerprint density at radius 2 is 1.84 bits per heavy atom. The van der Waals surface area contributed by atoms with Gasteiger partial charge >= 0.3 is 0 Å². The number of aromatic nitrogens is 2. The third-order valence-corrected chi connectivity index (χ3v) is 4.62. The molecule has 0 saturated carbocycles. The lowest BCUT2D eigenvalue weighted by atomic mass is 10.1. The van der Waals surface area contributed by atoms with Crippen LogP contribution >= 0.6 is 11.6 Å². The number of rotatable bonds is 3. The number of nitrogens with zero attached hydrogens (tertiary/aromatic N) is 3. The van der Waals surface area contributed by atoms with Crippen LogP contribution in [-0.4, -0.2) is 22.6 Å². The summed E-state index contributed by atoms with van der Waals surface area (Å²) in [4.78, 5) is 18.6. The van der Waals surface area contributed by atoms with Crippen molar-refractivity contribution in [2.45, 2.75) is 19.3 Å². The second-order valence-corrected chi connectivity index (χ2v) is 6.64. The van der Waals surface area contributed by atoms with Crippen LogP contribution in [0.25, 0.3) is 11.5 Å². The lowest BCUT2D eigenvalue weighted by molar-refractivity contribution is -0.117. The normalized spacial score (nSPS) is 17.3. The molecule has 0 N–H and O–H groups in total. The van der Waals surface area contributed by atoms with Crippen molar-refractivity contribution in [3.63, 3.8) is 0 Å². The molecule has 1 atom stereocenters. The fourth-order valence-corrected chi connectivity index (χ4v) is 3.09. The molecule has 1 aromatic heterocycles. The van der Waals surface area contributed by atoms with Crippen molar-refractivity contribution in [2.75, 3.05) is 11.4 Å². The van der Waals surface area contributed by atoms with E-state index >= 15 is 0 Å². The summed E-state index contributed by atoms with van der Waals surface area (Å²) in [7, 11) is 0. The minimum Gasteiger partial charge on any atom is -0.334 e. The van der Waals surface area contributed by atoms with Crippen LogP contribution in [0.4, 0.5) is 5.69 Å². The third-order valence-electron chi connectivity index (χ3n) is 4.37. The van der Waals surface area contributed by atoms with E-state index in [-0.39, 0.29) is 11.8 Å². The maximum atomic E-state index is 12.4. The van der Waals surface area contributed by atoms with E-state index in [0.717, 1.165) is 16.8 Å². The number of amides is 1. The van der Waals surface area contributed by atoms with Crippen molar-refractivity contribution >= 4 is 23.2 Å². The summed E-state index contributed by atoms with van der Waals surface area (Å²) in [6.07, 6.45) is 0.382. The molecule has 25 heavy (non-hydrogen) atoms. The van der Waals surface area contributed by atoms with Crippen LogP contribution < -0.4 is 4.90 Å². The molecule has 1 fully saturated rings. The zero-order valence-electron chi connectivity index (χ0n) is 13.6. The Bertz CT molecular complexity index is 903. The van der Waals surface area contributed by atoms with E-state index in [9.17, 15) is 4.79 Å². The van der Waals surface area contributed by atoms with Gasteiger partial charge in [-0.2, -0.15) is 4.98 Å². The standard InChI is InChI=1S/C19H16ClN3O2/c1-12-2-8-16(9-3-12)23-11-14(10-17(23)24)18-21-19(25-22-18)13-4-6-15(20)7-5-13/h2-9,14H,10-11H2,1H3. The zero-order valence-corrected chi connectivity index (χ0v) is 14.4. The summed E-state index contributed by atoms with van der Waals surface area (Å²) in [6, 6.07) is 15.1. The number of hydrogen-bond donors (Lipinski definition) is 0. The quantitative estimate of drug-likeness (QED) is 0.707. The van der Waals surface area contributed by atoms with Gasteiger partial charge in [-0.15, -0.1) is 0 Å². The van der Waals surface area contributed by atoms with Crippen LogP contribution in [0.1, 0.15) is 23.7 Å². The van der Waals surface area contributed by atoms with Gasteiger partial charge < -0.3 is 9.42 Å². The van der Waals surface area contributed by atoms with E-state index in [4.69, 9.17) is 16.1 Å². The number of carbonyl (C=O) groups excluding carboxylic acids is 1. The van der Waals surface area contributed by atoms with E-state index in [1.54, 1.807) is 17.0 Å². The predicted octanol–water partition coefficient (Wildman–Crippen LogP) is 4.22. The van der Waals surface area contributed by atoms with Crippen LogP contribution in [0.15, 0.2) is 53.1 Å². The zero-order chi connectivity index (χ0) is 17.4. The fraction of sp³-hybridized carbons (Fsp3) is 0.211. The van der Waals surface area contributed by atoms with Crippen LogP contribution in [0.3, 0.4) is 0 Å². The number of anilines is 1. The first kappa shape index (κ1) is 15.8. The number of carbonyl (C=O) groups is 1. The van der Waals surface area contributed by atoms with Crippen molar-refractivity contribution in [1.29, 1.82) is 0 Å². The number of benzene rings is 2. The molecule has 4 rings (SSSR count). The molecule has 1 unspecified atom stereocenters. The monoisotopic (exact) mass is 353 g/mol. The van der Waals surface area contributed by atoms with Gasteiger partial charge in [-0.05, 0) is 43.3 Å². The number of halogens is 1. The van der Waals surface area contributed by atoms with Crippen molar-refractivity contribution in [1.82, 2.24) is 10.1 Å². The van der Waals surface area contributed by atoms with E-state index in [2.05, 4.69) is 10.1 Å². The molecule has 0 bridgehead atoms. The van der Waals surface area contributed by atoms with Gasteiger partial charge in [0.05, 0.1) is 0 Å². The molecular formula is C19H16ClN3O2. The van der Waals surface area contributed by atoms with Crippen LogP contribution in [-0.2, 0) is 4.79 Å². The molecule has 2 heterocycles. The molecule has 1 amide bonds. The van der Waals surface area contributed by atoms with E-state index < -0.39 is 0 Å². The highest BCUT2D eigenvalue weighted by Crippen LogP contribution is 2.31. The minimum absolute atomic E-state index is 0.0707. The van der Waals surface area contributed by atoms with Gasteiger partial charge in [-0.3, -0.25) is 4.79 Å². The summed E-state index contributed by atoms with van der Waals surface area (Å²) in [6.45, 7) is 2.58. The highest BCUT2D eigenvalue weighted by molar-refractivity contribution is 6.30. The Kier molecular flexibility index (Phi) is 4.01. The smallest absolute Gasteiger partial charge is 0.257 e. The molecule has 0 radical (unpaired) electrons. The molecule has 126 valence electrons. The Hall–Kier alpha value is -2.66. The van der Waals surface area contributed by atoms with Gasteiger partial charge in [0.15, 0.2) is 5.82 Å². The van der Waals surface area contributed by atoms with Crippen molar-refractivity contribution in [3.05, 3.63) is 64.9 Å². The molecule has 3 aromatic rings. The summed E-state index contributed by atoms with van der Waals surface area (Å²) >= 11 is 5.90. The largest absolute Gasteiger partial charge is 0.334 e. The summed E-state index contributed by atoms with van der Waals surface area (Å²) in [5.41, 5.74) is 2.88. The van der Waals surface area contributed by atoms with Gasteiger partial charge in [0.2, 0.25) is 5.91 Å². The molecule has 0 spiro atoms. The van der Waals surface area contributed by atoms with Gasteiger partial charge in [-0.25, -0.2) is 0 Å². The highest BCUT2D eigenvalue weighted by atomic mass is 35.5. The molecule has 1 aliphatic heterocycles. The first-order valence-electron chi connectivity index (χ1n) is 8.07. The third kappa shape index (κ3) is 3.15. The Labute approximate surface area is 150 Å².